The van der Waals surface area contributed by atoms with E-state index in [-0.39, 0.29) is 45.1 Å². The van der Waals surface area contributed by atoms with Crippen molar-refractivity contribution in [1.82, 2.24) is 4.90 Å². The summed E-state index contributed by atoms with van der Waals surface area (Å²) in [6, 6.07) is 7.25. The van der Waals surface area contributed by atoms with E-state index < -0.39 is 47.8 Å². The molecule has 0 bridgehead atoms. The minimum Gasteiger partial charge on any atom is -0.461 e. The van der Waals surface area contributed by atoms with Gasteiger partial charge in [0.25, 0.3) is 5.92 Å². The largest absolute Gasteiger partial charge is 0.461 e. The molecular formula is C27H27F6N3O3S2. The Labute approximate surface area is 237 Å². The highest BCUT2D eigenvalue weighted by Gasteiger charge is 2.44. The fourth-order valence-corrected chi connectivity index (χ4v) is 6.36. The Morgan fingerprint density at radius 3 is 2.61 bits per heavy atom. The Morgan fingerprint density at radius 2 is 1.95 bits per heavy atom. The number of rotatable bonds is 8. The van der Waals surface area contributed by atoms with Gasteiger partial charge in [-0.05, 0) is 42.6 Å². The summed E-state index contributed by atoms with van der Waals surface area (Å²) in [6.45, 7) is -1.28. The van der Waals surface area contributed by atoms with Gasteiger partial charge in [0.05, 0.1) is 51.4 Å². The Hall–Kier alpha value is -3.15. The molecule has 2 N–H and O–H groups in total. The second-order valence-corrected chi connectivity index (χ2v) is 12.7. The maximum atomic E-state index is 14.7. The first-order valence-corrected chi connectivity index (χ1v) is 15.1. The van der Waals surface area contributed by atoms with Crippen LogP contribution < -0.4 is 15.4 Å². The van der Waals surface area contributed by atoms with Gasteiger partial charge in [-0.15, -0.1) is 11.3 Å². The van der Waals surface area contributed by atoms with E-state index in [0.717, 1.165) is 23.7 Å². The zero-order valence-electron chi connectivity index (χ0n) is 22.0. The van der Waals surface area contributed by atoms with Crippen molar-refractivity contribution in [2.75, 3.05) is 50.4 Å². The topological polar surface area (TPSA) is 70.7 Å². The number of halogens is 6. The summed E-state index contributed by atoms with van der Waals surface area (Å²) < 4.78 is 112. The van der Waals surface area contributed by atoms with Crippen LogP contribution in [0.1, 0.15) is 16.9 Å². The zero-order valence-corrected chi connectivity index (χ0v) is 23.7. The van der Waals surface area contributed by atoms with Crippen LogP contribution in [0.5, 0.6) is 5.75 Å². The molecule has 4 rings (SSSR count). The molecule has 41 heavy (non-hydrogen) atoms. The molecule has 1 aliphatic rings. The van der Waals surface area contributed by atoms with E-state index in [2.05, 4.69) is 22.5 Å². The number of alkyl halides is 6. The van der Waals surface area contributed by atoms with Gasteiger partial charge in [0.15, 0.2) is 9.84 Å². The minimum atomic E-state index is -4.53. The Kier molecular flexibility index (Phi) is 9.01. The molecule has 6 nitrogen and oxygen atoms in total. The number of hydrogen-bond donors (Lipinski definition) is 2. The van der Waals surface area contributed by atoms with Crippen LogP contribution in [0.15, 0.2) is 41.3 Å². The van der Waals surface area contributed by atoms with E-state index in [1.807, 2.05) is 0 Å². The summed E-state index contributed by atoms with van der Waals surface area (Å²) in [7, 11) is -1.97. The van der Waals surface area contributed by atoms with E-state index in [0.29, 0.717) is 16.9 Å². The van der Waals surface area contributed by atoms with Crippen molar-refractivity contribution in [2.24, 2.45) is 0 Å². The van der Waals surface area contributed by atoms with Gasteiger partial charge in [0, 0.05) is 18.9 Å². The first-order valence-electron chi connectivity index (χ1n) is 12.4. The first kappa shape index (κ1) is 30.8. The standard InChI is InChI=1S/C27H27F6N3O3S2/c1-36-12-10-24(26(29,30)15-36)35-21-6-3-5-18-19(14-27(31,32)33)23(40-25(18)21)7-4-11-34-20-9-8-17(41(2,37)38)13-22(20)39-16-28/h3,5-6,8-9,13,24,34-35H,10-12,14-16H2,1-2H3. The number of piperidine rings is 1. The maximum Gasteiger partial charge on any atom is 0.393 e. The monoisotopic (exact) mass is 619 g/mol. The molecule has 1 aliphatic heterocycles. The lowest BCUT2D eigenvalue weighted by Gasteiger charge is -2.37. The molecule has 1 saturated heterocycles. The highest BCUT2D eigenvalue weighted by atomic mass is 32.2. The third kappa shape index (κ3) is 7.58. The number of hydrogen-bond acceptors (Lipinski definition) is 7. The van der Waals surface area contributed by atoms with Gasteiger partial charge in [0.2, 0.25) is 6.86 Å². The Balaban J connectivity index is 1.63. The lowest BCUT2D eigenvalue weighted by molar-refractivity contribution is -0.126. The quantitative estimate of drug-likeness (QED) is 0.241. The average molecular weight is 620 g/mol. The number of thiophene rings is 1. The van der Waals surface area contributed by atoms with E-state index >= 15 is 0 Å². The third-order valence-electron chi connectivity index (χ3n) is 6.48. The lowest BCUT2D eigenvalue weighted by Crippen LogP contribution is -2.53. The average Bonchev–Trinajstić information content (AvgIpc) is 3.20. The zero-order chi connectivity index (χ0) is 30.0. The number of likely N-dealkylation sites (tertiary alicyclic amines) is 1. The van der Waals surface area contributed by atoms with Crippen molar-refractivity contribution in [3.05, 3.63) is 46.8 Å². The van der Waals surface area contributed by atoms with Crippen LogP contribution in [-0.4, -0.2) is 71.3 Å². The van der Waals surface area contributed by atoms with Gasteiger partial charge in [-0.3, -0.25) is 0 Å². The van der Waals surface area contributed by atoms with Crippen molar-refractivity contribution < 1.29 is 39.5 Å². The highest BCUT2D eigenvalue weighted by molar-refractivity contribution is 7.90. The van der Waals surface area contributed by atoms with Gasteiger partial charge in [-0.1, -0.05) is 24.0 Å². The molecule has 0 saturated carbocycles. The van der Waals surface area contributed by atoms with Crippen LogP contribution in [0, 0.1) is 11.8 Å². The summed E-state index contributed by atoms with van der Waals surface area (Å²) in [4.78, 5) is 1.58. The van der Waals surface area contributed by atoms with Crippen molar-refractivity contribution in [1.29, 1.82) is 0 Å². The molecule has 2 heterocycles. The summed E-state index contributed by atoms with van der Waals surface area (Å²) in [5, 5.41) is 5.99. The SMILES string of the molecule is CN1CCC(Nc2cccc3c(CC(F)(F)F)c(C#CCNc4ccc(S(C)(=O)=O)cc4OCF)sc23)C(F)(F)C1. The van der Waals surface area contributed by atoms with Gasteiger partial charge in [-0.25, -0.2) is 21.6 Å². The predicted octanol–water partition coefficient (Wildman–Crippen LogP) is 5.93. The van der Waals surface area contributed by atoms with Crippen molar-refractivity contribution in [2.45, 2.75) is 35.9 Å². The minimum absolute atomic E-state index is 0.0530. The lowest BCUT2D eigenvalue weighted by atomic mass is 10.0. The van der Waals surface area contributed by atoms with Crippen LogP contribution in [0.4, 0.5) is 37.7 Å². The number of nitrogens with zero attached hydrogens (tertiary/aromatic N) is 1. The van der Waals surface area contributed by atoms with Crippen LogP contribution in [0.3, 0.4) is 0 Å². The second-order valence-electron chi connectivity index (χ2n) is 9.71. The fraction of sp³-hybridized carbons (Fsp3) is 0.407. The molecule has 0 aliphatic carbocycles. The number of anilines is 2. The molecule has 2 aromatic carbocycles. The molecule has 222 valence electrons. The van der Waals surface area contributed by atoms with Crippen LogP contribution >= 0.6 is 11.3 Å². The molecule has 0 radical (unpaired) electrons. The third-order valence-corrected chi connectivity index (χ3v) is 8.78. The van der Waals surface area contributed by atoms with Crippen LogP contribution in [0.25, 0.3) is 10.1 Å². The van der Waals surface area contributed by atoms with E-state index in [1.54, 1.807) is 13.1 Å². The smallest absolute Gasteiger partial charge is 0.393 e. The number of sulfone groups is 1. The van der Waals surface area contributed by atoms with Gasteiger partial charge >= 0.3 is 6.18 Å². The van der Waals surface area contributed by atoms with Crippen molar-refractivity contribution in [3.63, 3.8) is 0 Å². The van der Waals surface area contributed by atoms with Gasteiger partial charge in [-0.2, -0.15) is 13.2 Å². The fourth-order valence-electron chi connectivity index (χ4n) is 4.56. The summed E-state index contributed by atoms with van der Waals surface area (Å²) in [5.41, 5.74) is 0.500. The van der Waals surface area contributed by atoms with Gasteiger partial charge < -0.3 is 20.3 Å². The van der Waals surface area contributed by atoms with Crippen molar-refractivity contribution >= 4 is 42.6 Å². The molecule has 1 atom stereocenters. The number of nitrogens with one attached hydrogen (secondary N) is 2. The molecule has 1 aromatic heterocycles. The van der Waals surface area contributed by atoms with Crippen molar-refractivity contribution in [3.8, 4) is 17.6 Å². The van der Waals surface area contributed by atoms with E-state index in [9.17, 15) is 34.8 Å². The summed E-state index contributed by atoms with van der Waals surface area (Å²) >= 11 is 0.983. The number of fused-ring (bicyclic) bond motifs is 1. The molecule has 0 spiro atoms. The van der Waals surface area contributed by atoms with E-state index in [1.165, 1.54) is 29.2 Å². The van der Waals surface area contributed by atoms with E-state index in [4.69, 9.17) is 4.74 Å². The number of benzene rings is 2. The summed E-state index contributed by atoms with van der Waals surface area (Å²) in [5.74, 6) is 2.39. The first-order chi connectivity index (χ1) is 19.2. The van der Waals surface area contributed by atoms with Crippen LogP contribution in [0.2, 0.25) is 0 Å². The molecule has 0 amide bonds. The highest BCUT2D eigenvalue weighted by Crippen LogP contribution is 2.40. The molecular weight excluding hydrogens is 592 g/mol. The summed E-state index contributed by atoms with van der Waals surface area (Å²) in [6.07, 6.45) is -4.63. The maximum absolute atomic E-state index is 14.7. The normalized spacial score (nSPS) is 17.6. The Bertz CT molecular complexity index is 1580. The van der Waals surface area contributed by atoms with Gasteiger partial charge in [0.1, 0.15) is 5.75 Å². The molecule has 1 unspecified atom stereocenters. The number of ether oxygens (including phenoxy) is 1. The molecule has 3 aromatic rings. The molecule has 1 fully saturated rings. The predicted molar refractivity (Wildman–Crippen MR) is 148 cm³/mol. The second kappa shape index (κ2) is 12.0. The van der Waals surface area contributed by atoms with Crippen LogP contribution in [-0.2, 0) is 16.3 Å². The molecule has 14 heteroatoms. The Morgan fingerprint density at radius 1 is 1.20 bits per heavy atom.